The van der Waals surface area contributed by atoms with Crippen molar-refractivity contribution < 1.29 is 23.1 Å². The Morgan fingerprint density at radius 2 is 1.70 bits per heavy atom. The summed E-state index contributed by atoms with van der Waals surface area (Å²) in [5.74, 6) is -0.390. The Morgan fingerprint density at radius 1 is 1.00 bits per heavy atom. The third-order valence-electron chi connectivity index (χ3n) is 5.33. The molecule has 0 saturated heterocycles. The molecule has 0 saturated carbocycles. The van der Waals surface area contributed by atoms with Crippen LogP contribution < -0.4 is 5.32 Å². The number of fused-ring (bicyclic) bond motifs is 1. The van der Waals surface area contributed by atoms with Crippen molar-refractivity contribution in [3.8, 4) is 22.3 Å². The quantitative estimate of drug-likeness (QED) is 0.303. The van der Waals surface area contributed by atoms with Gasteiger partial charge in [-0.2, -0.15) is 13.2 Å². The highest BCUT2D eigenvalue weighted by molar-refractivity contribution is 6.03. The number of benzene rings is 3. The van der Waals surface area contributed by atoms with Gasteiger partial charge in [-0.15, -0.1) is 0 Å². The van der Waals surface area contributed by atoms with Crippen molar-refractivity contribution in [1.82, 2.24) is 15.3 Å². The van der Waals surface area contributed by atoms with Crippen LogP contribution in [-0.4, -0.2) is 33.8 Å². The van der Waals surface area contributed by atoms with E-state index in [0.717, 1.165) is 27.8 Å². The number of aromatic amines is 1. The fourth-order valence-electron chi connectivity index (χ4n) is 3.75. The van der Waals surface area contributed by atoms with Crippen molar-refractivity contribution in [2.75, 3.05) is 6.54 Å². The van der Waals surface area contributed by atoms with Crippen LogP contribution in [0.2, 0.25) is 0 Å². The van der Waals surface area contributed by atoms with Crippen LogP contribution in [0, 0.1) is 6.92 Å². The molecule has 5 nitrogen and oxygen atoms in total. The van der Waals surface area contributed by atoms with Crippen molar-refractivity contribution in [1.29, 1.82) is 0 Å². The average Bonchev–Trinajstić information content (AvgIpc) is 3.15. The van der Waals surface area contributed by atoms with Gasteiger partial charge in [0.1, 0.15) is 11.3 Å². The third-order valence-corrected chi connectivity index (χ3v) is 5.33. The van der Waals surface area contributed by atoms with Crippen LogP contribution in [-0.2, 0) is 6.54 Å². The molecule has 0 amide bonds. The van der Waals surface area contributed by atoms with Gasteiger partial charge < -0.3 is 15.4 Å². The van der Waals surface area contributed by atoms with Crippen LogP contribution in [0.15, 0.2) is 60.7 Å². The number of hydrogen-bond acceptors (Lipinski definition) is 3. The Bertz CT molecular complexity index is 1290. The molecular weight excluding hydrogens is 431 g/mol. The number of nitrogens with one attached hydrogen (secondary N) is 2. The van der Waals surface area contributed by atoms with E-state index in [9.17, 15) is 23.1 Å². The molecule has 0 aliphatic rings. The first-order valence-electron chi connectivity index (χ1n) is 10.4. The molecule has 0 aliphatic carbocycles. The number of H-pyrrole nitrogens is 1. The smallest absolute Gasteiger partial charge is 0.390 e. The van der Waals surface area contributed by atoms with Crippen molar-refractivity contribution >= 4 is 17.0 Å². The molecule has 0 bridgehead atoms. The molecule has 170 valence electrons. The molecule has 1 aromatic heterocycles. The summed E-state index contributed by atoms with van der Waals surface area (Å²) in [6.07, 6.45) is -5.02. The van der Waals surface area contributed by atoms with E-state index in [-0.39, 0.29) is 12.1 Å². The first kappa shape index (κ1) is 22.5. The molecule has 8 heteroatoms. The van der Waals surface area contributed by atoms with Crippen molar-refractivity contribution in [3.05, 3.63) is 77.6 Å². The minimum atomic E-state index is -4.16. The zero-order valence-corrected chi connectivity index (χ0v) is 17.8. The fourth-order valence-corrected chi connectivity index (χ4v) is 3.75. The third kappa shape index (κ3) is 5.40. The highest BCUT2D eigenvalue weighted by Crippen LogP contribution is 2.29. The van der Waals surface area contributed by atoms with Crippen molar-refractivity contribution in [2.45, 2.75) is 26.1 Å². The minimum Gasteiger partial charge on any atom is -0.478 e. The maximum Gasteiger partial charge on any atom is 0.390 e. The second-order valence-electron chi connectivity index (χ2n) is 7.87. The monoisotopic (exact) mass is 453 g/mol. The molecule has 0 atom stereocenters. The van der Waals surface area contributed by atoms with E-state index in [1.807, 2.05) is 54.6 Å². The van der Waals surface area contributed by atoms with Gasteiger partial charge >= 0.3 is 12.1 Å². The van der Waals surface area contributed by atoms with E-state index < -0.39 is 18.6 Å². The number of halogens is 3. The normalized spacial score (nSPS) is 11.8. The zero-order chi connectivity index (χ0) is 23.6. The number of carboxylic acids is 1. The lowest BCUT2D eigenvalue weighted by Gasteiger charge is -2.10. The molecule has 1 heterocycles. The molecule has 0 radical (unpaired) electrons. The first-order chi connectivity index (χ1) is 15.7. The number of imidazole rings is 1. The van der Waals surface area contributed by atoms with Crippen LogP contribution in [0.1, 0.15) is 28.2 Å². The Hall–Kier alpha value is -3.65. The lowest BCUT2D eigenvalue weighted by Crippen LogP contribution is -2.21. The van der Waals surface area contributed by atoms with Gasteiger partial charge in [-0.05, 0) is 52.9 Å². The van der Waals surface area contributed by atoms with Gasteiger partial charge in [0.25, 0.3) is 0 Å². The fraction of sp³-hybridized carbons (Fsp3) is 0.200. The maximum atomic E-state index is 12.3. The second kappa shape index (κ2) is 9.07. The summed E-state index contributed by atoms with van der Waals surface area (Å²) in [7, 11) is 0. The highest BCUT2D eigenvalue weighted by Gasteiger charge is 2.25. The van der Waals surface area contributed by atoms with E-state index in [1.54, 1.807) is 13.0 Å². The van der Waals surface area contributed by atoms with Gasteiger partial charge in [-0.25, -0.2) is 9.78 Å². The van der Waals surface area contributed by atoms with Gasteiger partial charge in [0.05, 0.1) is 17.5 Å². The summed E-state index contributed by atoms with van der Waals surface area (Å²) in [6.45, 7) is 2.00. The molecule has 3 N–H and O–H groups in total. The standard InChI is InChI=1S/C25H22F3N3O2/c1-15-30-22-13-20(12-21(24(32)33)23(22)31-15)18-7-5-17(6-8-18)19-4-2-3-16(11-19)14-29-10-9-25(26,27)28/h2-8,11-13,29H,9-10,14H2,1H3,(H,30,31)(H,32,33). The number of aromatic nitrogens is 2. The van der Waals surface area contributed by atoms with Crippen LogP contribution in [0.3, 0.4) is 0 Å². The summed E-state index contributed by atoms with van der Waals surface area (Å²) in [6, 6.07) is 18.8. The van der Waals surface area contributed by atoms with Crippen LogP contribution in [0.5, 0.6) is 0 Å². The molecule has 4 rings (SSSR count). The number of alkyl halides is 3. The largest absolute Gasteiger partial charge is 0.478 e. The summed E-state index contributed by atoms with van der Waals surface area (Å²) in [5, 5.41) is 12.4. The number of carbonyl (C=O) groups is 1. The Balaban J connectivity index is 1.54. The number of carboxylic acid groups (broad SMARTS) is 1. The molecule has 4 aromatic rings. The molecule has 33 heavy (non-hydrogen) atoms. The number of rotatable bonds is 7. The van der Waals surface area contributed by atoms with E-state index in [2.05, 4.69) is 15.3 Å². The topological polar surface area (TPSA) is 78.0 Å². The van der Waals surface area contributed by atoms with E-state index in [4.69, 9.17) is 0 Å². The highest BCUT2D eigenvalue weighted by atomic mass is 19.4. The van der Waals surface area contributed by atoms with Gasteiger partial charge in [0.15, 0.2) is 0 Å². The number of aromatic carboxylic acids is 1. The van der Waals surface area contributed by atoms with E-state index in [1.165, 1.54) is 0 Å². The van der Waals surface area contributed by atoms with Crippen molar-refractivity contribution in [3.63, 3.8) is 0 Å². The van der Waals surface area contributed by atoms with Gasteiger partial charge in [0.2, 0.25) is 0 Å². The Morgan fingerprint density at radius 3 is 2.36 bits per heavy atom. The predicted octanol–water partition coefficient (Wildman–Crippen LogP) is 5.95. The first-order valence-corrected chi connectivity index (χ1v) is 10.4. The second-order valence-corrected chi connectivity index (χ2v) is 7.87. The Labute approximate surface area is 188 Å². The Kier molecular flexibility index (Phi) is 6.20. The lowest BCUT2D eigenvalue weighted by atomic mass is 9.97. The maximum absolute atomic E-state index is 12.3. The summed E-state index contributed by atoms with van der Waals surface area (Å²) in [5.41, 5.74) is 5.65. The SMILES string of the molecule is Cc1nc2c(C(=O)O)cc(-c3ccc(-c4cccc(CNCCC(F)(F)F)c4)cc3)cc2[nH]1. The summed E-state index contributed by atoms with van der Waals surface area (Å²) in [4.78, 5) is 19.1. The predicted molar refractivity (Wildman–Crippen MR) is 121 cm³/mol. The molecule has 0 aliphatic heterocycles. The van der Waals surface area contributed by atoms with Crippen LogP contribution in [0.25, 0.3) is 33.3 Å². The van der Waals surface area contributed by atoms with Crippen molar-refractivity contribution in [2.24, 2.45) is 0 Å². The van der Waals surface area contributed by atoms with Gasteiger partial charge in [0, 0.05) is 13.1 Å². The van der Waals surface area contributed by atoms with Gasteiger partial charge in [-0.1, -0.05) is 42.5 Å². The van der Waals surface area contributed by atoms with E-state index in [0.29, 0.717) is 23.4 Å². The molecular formula is C25H22F3N3O2. The summed E-state index contributed by atoms with van der Waals surface area (Å²) < 4.78 is 36.9. The number of nitrogens with zero attached hydrogens (tertiary/aromatic N) is 1. The lowest BCUT2D eigenvalue weighted by molar-refractivity contribution is -0.133. The average molecular weight is 453 g/mol. The summed E-state index contributed by atoms with van der Waals surface area (Å²) >= 11 is 0. The van der Waals surface area contributed by atoms with Gasteiger partial charge in [-0.3, -0.25) is 0 Å². The number of aryl methyl sites for hydroxylation is 1. The van der Waals surface area contributed by atoms with Crippen LogP contribution in [0.4, 0.5) is 13.2 Å². The molecule has 0 fully saturated rings. The molecule has 0 spiro atoms. The minimum absolute atomic E-state index is 0.124. The molecule has 0 unspecified atom stereocenters. The van der Waals surface area contributed by atoms with Crippen LogP contribution >= 0.6 is 0 Å². The van der Waals surface area contributed by atoms with E-state index >= 15 is 0 Å². The zero-order valence-electron chi connectivity index (χ0n) is 17.8. The molecule has 3 aromatic carbocycles. The number of hydrogen-bond donors (Lipinski definition) is 3.